The standard InChI is InChI=1S/C25H25N3O5/c1-3-9-19(17-10-5-4-6-11-17)27-24(30)16(2)32-21(29)14-28-15-26-22-18-12-7-8-13-20(18)33-23(22)25(28)31/h4-8,10-13,15-16,19H,3,9,14H2,1-2H3,(H,27,30). The average molecular weight is 447 g/mol. The van der Waals surface area contributed by atoms with Gasteiger partial charge in [-0.1, -0.05) is 55.8 Å². The van der Waals surface area contributed by atoms with Crippen LogP contribution in [0.25, 0.3) is 22.1 Å². The van der Waals surface area contributed by atoms with Crippen molar-refractivity contribution in [3.05, 3.63) is 76.8 Å². The van der Waals surface area contributed by atoms with Crippen molar-refractivity contribution in [3.63, 3.8) is 0 Å². The molecule has 4 rings (SSSR count). The topological polar surface area (TPSA) is 103 Å². The van der Waals surface area contributed by atoms with Crippen molar-refractivity contribution in [2.45, 2.75) is 45.4 Å². The molecule has 2 heterocycles. The summed E-state index contributed by atoms with van der Waals surface area (Å²) in [6.07, 6.45) is 1.91. The van der Waals surface area contributed by atoms with Crippen LogP contribution in [0.5, 0.6) is 0 Å². The summed E-state index contributed by atoms with van der Waals surface area (Å²) in [4.78, 5) is 42.1. The maximum Gasteiger partial charge on any atom is 0.326 e. The van der Waals surface area contributed by atoms with Crippen molar-refractivity contribution in [2.75, 3.05) is 0 Å². The summed E-state index contributed by atoms with van der Waals surface area (Å²) in [5.41, 5.74) is 1.56. The van der Waals surface area contributed by atoms with Crippen molar-refractivity contribution in [1.82, 2.24) is 14.9 Å². The molecule has 2 aromatic carbocycles. The molecule has 0 aliphatic heterocycles. The summed E-state index contributed by atoms with van der Waals surface area (Å²) >= 11 is 0. The number of amides is 1. The van der Waals surface area contributed by atoms with E-state index in [0.717, 1.165) is 28.4 Å². The van der Waals surface area contributed by atoms with Crippen LogP contribution in [-0.2, 0) is 20.9 Å². The molecule has 0 aliphatic rings. The number of esters is 1. The van der Waals surface area contributed by atoms with E-state index in [1.807, 2.05) is 49.4 Å². The Balaban J connectivity index is 1.43. The third kappa shape index (κ3) is 4.79. The van der Waals surface area contributed by atoms with E-state index in [0.29, 0.717) is 11.1 Å². The SMILES string of the molecule is CCCC(NC(=O)C(C)OC(=O)Cn1cnc2c(oc3ccccc32)c1=O)c1ccccc1. The number of furan rings is 1. The van der Waals surface area contributed by atoms with Crippen LogP contribution in [0.1, 0.15) is 38.3 Å². The van der Waals surface area contributed by atoms with Crippen LogP contribution in [0.15, 0.2) is 70.1 Å². The second-order valence-electron chi connectivity index (χ2n) is 7.85. The average Bonchev–Trinajstić information content (AvgIpc) is 3.20. The first kappa shape index (κ1) is 22.3. The van der Waals surface area contributed by atoms with Gasteiger partial charge in [0.15, 0.2) is 6.10 Å². The van der Waals surface area contributed by atoms with E-state index in [1.165, 1.54) is 13.3 Å². The predicted molar refractivity (Wildman–Crippen MR) is 124 cm³/mol. The number of hydrogen-bond acceptors (Lipinski definition) is 6. The smallest absolute Gasteiger partial charge is 0.326 e. The lowest BCUT2D eigenvalue weighted by Gasteiger charge is -2.21. The molecule has 2 aromatic heterocycles. The van der Waals surface area contributed by atoms with Gasteiger partial charge in [-0.15, -0.1) is 0 Å². The molecule has 8 nitrogen and oxygen atoms in total. The van der Waals surface area contributed by atoms with Gasteiger partial charge in [-0.25, -0.2) is 4.98 Å². The lowest BCUT2D eigenvalue weighted by Crippen LogP contribution is -2.39. The molecule has 0 saturated carbocycles. The fourth-order valence-corrected chi connectivity index (χ4v) is 3.74. The van der Waals surface area contributed by atoms with Crippen LogP contribution in [0.3, 0.4) is 0 Å². The van der Waals surface area contributed by atoms with Gasteiger partial charge in [0, 0.05) is 5.39 Å². The second kappa shape index (κ2) is 9.68. The lowest BCUT2D eigenvalue weighted by atomic mass is 10.0. The van der Waals surface area contributed by atoms with E-state index >= 15 is 0 Å². The Kier molecular flexibility index (Phi) is 6.53. The Bertz CT molecular complexity index is 1340. The molecule has 0 saturated heterocycles. The number of para-hydroxylation sites is 1. The molecule has 4 aromatic rings. The Morgan fingerprint density at radius 1 is 1.12 bits per heavy atom. The highest BCUT2D eigenvalue weighted by Crippen LogP contribution is 2.24. The molecule has 2 atom stereocenters. The molecule has 170 valence electrons. The predicted octanol–water partition coefficient (Wildman–Crippen LogP) is 3.73. The number of benzene rings is 2. The van der Waals surface area contributed by atoms with Gasteiger partial charge in [0.05, 0.1) is 12.4 Å². The molecule has 0 spiro atoms. The molecule has 0 bridgehead atoms. The Hall–Kier alpha value is -3.94. The first-order valence-corrected chi connectivity index (χ1v) is 10.9. The number of nitrogens with one attached hydrogen (secondary N) is 1. The van der Waals surface area contributed by atoms with Gasteiger partial charge in [-0.2, -0.15) is 0 Å². The Morgan fingerprint density at radius 2 is 1.85 bits per heavy atom. The third-order valence-electron chi connectivity index (χ3n) is 5.42. The van der Waals surface area contributed by atoms with Crippen molar-refractivity contribution in [3.8, 4) is 0 Å². The highest BCUT2D eigenvalue weighted by atomic mass is 16.5. The van der Waals surface area contributed by atoms with E-state index < -0.39 is 23.5 Å². The van der Waals surface area contributed by atoms with Crippen LogP contribution in [0.2, 0.25) is 0 Å². The van der Waals surface area contributed by atoms with Crippen LogP contribution in [0, 0.1) is 0 Å². The van der Waals surface area contributed by atoms with E-state index in [-0.39, 0.29) is 18.2 Å². The van der Waals surface area contributed by atoms with Gasteiger partial charge in [0.1, 0.15) is 17.6 Å². The Labute approximate surface area is 190 Å². The van der Waals surface area contributed by atoms with Gasteiger partial charge in [0.25, 0.3) is 11.5 Å². The zero-order chi connectivity index (χ0) is 23.4. The molecule has 1 amide bonds. The molecule has 0 radical (unpaired) electrons. The van der Waals surface area contributed by atoms with Gasteiger partial charge in [0.2, 0.25) is 5.58 Å². The first-order chi connectivity index (χ1) is 16.0. The minimum absolute atomic E-state index is 0.0718. The Morgan fingerprint density at radius 3 is 2.61 bits per heavy atom. The van der Waals surface area contributed by atoms with Crippen LogP contribution < -0.4 is 10.9 Å². The molecular formula is C25H25N3O5. The fourth-order valence-electron chi connectivity index (χ4n) is 3.74. The number of hydrogen-bond donors (Lipinski definition) is 1. The van der Waals surface area contributed by atoms with E-state index in [1.54, 1.807) is 12.1 Å². The zero-order valence-corrected chi connectivity index (χ0v) is 18.5. The van der Waals surface area contributed by atoms with E-state index in [4.69, 9.17) is 9.15 Å². The molecular weight excluding hydrogens is 422 g/mol. The normalized spacial score (nSPS) is 13.0. The summed E-state index contributed by atoms with van der Waals surface area (Å²) in [5, 5.41) is 3.67. The van der Waals surface area contributed by atoms with Crippen molar-refractivity contribution in [2.24, 2.45) is 0 Å². The van der Waals surface area contributed by atoms with Crippen LogP contribution in [0.4, 0.5) is 0 Å². The lowest BCUT2D eigenvalue weighted by molar-refractivity contribution is -0.155. The van der Waals surface area contributed by atoms with Crippen LogP contribution in [-0.4, -0.2) is 27.5 Å². The second-order valence-corrected chi connectivity index (χ2v) is 7.85. The highest BCUT2D eigenvalue weighted by molar-refractivity contribution is 6.01. The summed E-state index contributed by atoms with van der Waals surface area (Å²) in [7, 11) is 0. The number of fused-ring (bicyclic) bond motifs is 3. The van der Waals surface area contributed by atoms with Crippen molar-refractivity contribution in [1.29, 1.82) is 0 Å². The molecule has 8 heteroatoms. The molecule has 0 fully saturated rings. The van der Waals surface area contributed by atoms with Gasteiger partial charge in [-0.05, 0) is 31.0 Å². The molecule has 2 unspecified atom stereocenters. The maximum atomic E-state index is 12.8. The number of ether oxygens (including phenoxy) is 1. The first-order valence-electron chi connectivity index (χ1n) is 10.9. The van der Waals surface area contributed by atoms with Crippen molar-refractivity contribution >= 4 is 33.9 Å². The summed E-state index contributed by atoms with van der Waals surface area (Å²) in [5.74, 6) is -1.12. The highest BCUT2D eigenvalue weighted by Gasteiger charge is 2.22. The van der Waals surface area contributed by atoms with Crippen LogP contribution >= 0.6 is 0 Å². The van der Waals surface area contributed by atoms with E-state index in [9.17, 15) is 14.4 Å². The molecule has 0 aliphatic carbocycles. The van der Waals surface area contributed by atoms with Crippen molar-refractivity contribution < 1.29 is 18.7 Å². The summed E-state index contributed by atoms with van der Waals surface area (Å²) in [6.45, 7) is 3.16. The molecule has 1 N–H and O–H groups in total. The van der Waals surface area contributed by atoms with Gasteiger partial charge < -0.3 is 14.5 Å². The largest absolute Gasteiger partial charge is 0.451 e. The minimum atomic E-state index is -1.01. The number of rotatable bonds is 8. The summed E-state index contributed by atoms with van der Waals surface area (Å²) in [6, 6.07) is 16.7. The zero-order valence-electron chi connectivity index (χ0n) is 18.5. The minimum Gasteiger partial charge on any atom is -0.451 e. The quantitative estimate of drug-likeness (QED) is 0.413. The summed E-state index contributed by atoms with van der Waals surface area (Å²) < 4.78 is 12.0. The number of carbonyl (C=O) groups is 2. The fraction of sp³-hybridized carbons (Fsp3) is 0.280. The monoisotopic (exact) mass is 447 g/mol. The number of nitrogens with zero attached hydrogens (tertiary/aromatic N) is 2. The number of aromatic nitrogens is 2. The van der Waals surface area contributed by atoms with Gasteiger partial charge >= 0.3 is 5.97 Å². The number of carbonyl (C=O) groups excluding carboxylic acids is 2. The third-order valence-corrected chi connectivity index (χ3v) is 5.42. The van der Waals surface area contributed by atoms with E-state index in [2.05, 4.69) is 10.3 Å². The van der Waals surface area contributed by atoms with Gasteiger partial charge in [-0.3, -0.25) is 19.0 Å². The maximum absolute atomic E-state index is 12.8. The molecule has 33 heavy (non-hydrogen) atoms.